The molecule has 2 amide bonds. The Hall–Kier alpha value is -3.36. The summed E-state index contributed by atoms with van der Waals surface area (Å²) in [5.74, 6) is -0.575. The number of hydrogen-bond donors (Lipinski definition) is 1. The van der Waals surface area contributed by atoms with Gasteiger partial charge in [-0.15, -0.1) is 0 Å². The van der Waals surface area contributed by atoms with E-state index in [1.165, 1.54) is 4.90 Å². The predicted octanol–water partition coefficient (Wildman–Crippen LogP) is 5.74. The number of ether oxygens (including phenoxy) is 2. The standard InChI is InChI=1S/C26H22BrClN2O5/c1-16-2-7-20(8-3-16)35-21-9-5-19(6-10-21)30-14-17(12-25(30)32)26(33)34-15-24(31)29-18-4-11-22(27)23(28)13-18/h2-11,13,17H,12,14-15H2,1H3,(H,29,31)/t17-/m0/s1. The predicted molar refractivity (Wildman–Crippen MR) is 137 cm³/mol. The lowest BCUT2D eigenvalue weighted by molar-refractivity contribution is -0.151. The Morgan fingerprint density at radius 1 is 1.06 bits per heavy atom. The molecule has 9 heteroatoms. The van der Waals surface area contributed by atoms with Crippen LogP contribution in [0.3, 0.4) is 0 Å². The van der Waals surface area contributed by atoms with Crippen molar-refractivity contribution in [3.05, 3.63) is 81.8 Å². The number of esters is 1. The monoisotopic (exact) mass is 556 g/mol. The fourth-order valence-electron chi connectivity index (χ4n) is 3.58. The number of carbonyl (C=O) groups is 3. The van der Waals surface area contributed by atoms with Crippen molar-refractivity contribution in [2.75, 3.05) is 23.4 Å². The van der Waals surface area contributed by atoms with E-state index in [1.54, 1.807) is 42.5 Å². The second-order valence-electron chi connectivity index (χ2n) is 8.10. The molecule has 3 aromatic rings. The second-order valence-corrected chi connectivity index (χ2v) is 9.36. The topological polar surface area (TPSA) is 84.9 Å². The summed E-state index contributed by atoms with van der Waals surface area (Å²) < 4.78 is 11.7. The fraction of sp³-hybridized carbons (Fsp3) is 0.192. The number of amides is 2. The molecule has 0 saturated carbocycles. The SMILES string of the molecule is Cc1ccc(Oc2ccc(N3C[C@@H](C(=O)OCC(=O)Nc4ccc(Br)c(Cl)c4)CC3=O)cc2)cc1. The van der Waals surface area contributed by atoms with Crippen LogP contribution in [0.2, 0.25) is 5.02 Å². The van der Waals surface area contributed by atoms with Crippen LogP contribution in [0.5, 0.6) is 11.5 Å². The van der Waals surface area contributed by atoms with Gasteiger partial charge in [0, 0.05) is 28.8 Å². The van der Waals surface area contributed by atoms with E-state index in [0.29, 0.717) is 26.6 Å². The van der Waals surface area contributed by atoms with Crippen LogP contribution in [0.1, 0.15) is 12.0 Å². The van der Waals surface area contributed by atoms with Crippen LogP contribution in [-0.4, -0.2) is 30.9 Å². The highest BCUT2D eigenvalue weighted by molar-refractivity contribution is 9.10. The molecule has 1 atom stereocenters. The van der Waals surface area contributed by atoms with E-state index in [1.807, 2.05) is 31.2 Å². The van der Waals surface area contributed by atoms with Crippen LogP contribution in [-0.2, 0) is 19.1 Å². The van der Waals surface area contributed by atoms with Crippen LogP contribution >= 0.6 is 27.5 Å². The van der Waals surface area contributed by atoms with Crippen molar-refractivity contribution in [2.45, 2.75) is 13.3 Å². The van der Waals surface area contributed by atoms with Crippen molar-refractivity contribution in [3.63, 3.8) is 0 Å². The number of aryl methyl sites for hydroxylation is 1. The first-order valence-corrected chi connectivity index (χ1v) is 12.0. The third kappa shape index (κ3) is 6.41. The molecule has 0 aliphatic carbocycles. The summed E-state index contributed by atoms with van der Waals surface area (Å²) in [6.45, 7) is 1.73. The number of hydrogen-bond acceptors (Lipinski definition) is 5. The largest absolute Gasteiger partial charge is 0.457 e. The number of anilines is 2. The molecule has 180 valence electrons. The molecule has 0 aromatic heterocycles. The smallest absolute Gasteiger partial charge is 0.311 e. The average molecular weight is 558 g/mol. The molecule has 3 aromatic carbocycles. The first kappa shape index (κ1) is 24.8. The van der Waals surface area contributed by atoms with E-state index in [2.05, 4.69) is 21.2 Å². The van der Waals surface area contributed by atoms with E-state index < -0.39 is 24.4 Å². The van der Waals surface area contributed by atoms with Crippen molar-refractivity contribution >= 4 is 56.7 Å². The highest BCUT2D eigenvalue weighted by Crippen LogP contribution is 2.29. The third-order valence-corrected chi connectivity index (χ3v) is 6.64. The van der Waals surface area contributed by atoms with Gasteiger partial charge in [-0.3, -0.25) is 14.4 Å². The number of nitrogens with one attached hydrogen (secondary N) is 1. The lowest BCUT2D eigenvalue weighted by Gasteiger charge is -2.17. The molecule has 1 saturated heterocycles. The van der Waals surface area contributed by atoms with Crippen LogP contribution in [0.25, 0.3) is 0 Å². The number of nitrogens with zero attached hydrogens (tertiary/aromatic N) is 1. The van der Waals surface area contributed by atoms with Crippen molar-refractivity contribution in [1.29, 1.82) is 0 Å². The van der Waals surface area contributed by atoms with Gasteiger partial charge in [-0.25, -0.2) is 0 Å². The Kier molecular flexibility index (Phi) is 7.73. The van der Waals surface area contributed by atoms with Crippen molar-refractivity contribution < 1.29 is 23.9 Å². The Bertz CT molecular complexity index is 1250. The summed E-state index contributed by atoms with van der Waals surface area (Å²) in [7, 11) is 0. The first-order valence-electron chi connectivity index (χ1n) is 10.8. The van der Waals surface area contributed by atoms with Gasteiger partial charge in [0.05, 0.1) is 10.9 Å². The second kappa shape index (κ2) is 10.9. The molecule has 4 rings (SSSR count). The van der Waals surface area contributed by atoms with Crippen LogP contribution in [0, 0.1) is 12.8 Å². The van der Waals surface area contributed by atoms with E-state index in [0.717, 1.165) is 11.3 Å². The summed E-state index contributed by atoms with van der Waals surface area (Å²) in [4.78, 5) is 38.7. The highest BCUT2D eigenvalue weighted by Gasteiger charge is 2.36. The molecule has 7 nitrogen and oxygen atoms in total. The normalized spacial score (nSPS) is 15.1. The summed E-state index contributed by atoms with van der Waals surface area (Å²) in [6, 6.07) is 19.7. The fourth-order valence-corrected chi connectivity index (χ4v) is 4.00. The van der Waals surface area contributed by atoms with Crippen molar-refractivity contribution in [3.8, 4) is 11.5 Å². The molecular weight excluding hydrogens is 536 g/mol. The highest BCUT2D eigenvalue weighted by atomic mass is 79.9. The molecule has 1 fully saturated rings. The van der Waals surface area contributed by atoms with Gasteiger partial charge in [0.1, 0.15) is 11.5 Å². The van der Waals surface area contributed by atoms with Crippen molar-refractivity contribution in [1.82, 2.24) is 0 Å². The van der Waals surface area contributed by atoms with Gasteiger partial charge in [0.15, 0.2) is 6.61 Å². The maximum atomic E-state index is 12.5. The first-order chi connectivity index (χ1) is 16.8. The van der Waals surface area contributed by atoms with Crippen molar-refractivity contribution in [2.24, 2.45) is 5.92 Å². The van der Waals surface area contributed by atoms with Gasteiger partial charge in [0.25, 0.3) is 5.91 Å². The lowest BCUT2D eigenvalue weighted by Crippen LogP contribution is -2.28. The Labute approximate surface area is 216 Å². The molecule has 0 unspecified atom stereocenters. The maximum Gasteiger partial charge on any atom is 0.311 e. The van der Waals surface area contributed by atoms with E-state index in [-0.39, 0.29) is 18.9 Å². The van der Waals surface area contributed by atoms with E-state index in [4.69, 9.17) is 21.1 Å². The zero-order chi connectivity index (χ0) is 24.9. The zero-order valence-electron chi connectivity index (χ0n) is 18.8. The van der Waals surface area contributed by atoms with Gasteiger partial charge in [-0.1, -0.05) is 29.3 Å². The van der Waals surface area contributed by atoms with E-state index in [9.17, 15) is 14.4 Å². The Morgan fingerprint density at radius 3 is 2.37 bits per heavy atom. The van der Waals surface area contributed by atoms with E-state index >= 15 is 0 Å². The number of halogens is 2. The molecular formula is C26H22BrClN2O5. The third-order valence-electron chi connectivity index (χ3n) is 5.41. The van der Waals surface area contributed by atoms with Crippen LogP contribution < -0.4 is 15.0 Å². The number of benzene rings is 3. The van der Waals surface area contributed by atoms with Gasteiger partial charge in [-0.2, -0.15) is 0 Å². The maximum absolute atomic E-state index is 12.5. The summed E-state index contributed by atoms with van der Waals surface area (Å²) in [6.07, 6.45) is 0.0182. The minimum absolute atomic E-state index is 0.0182. The molecule has 1 aliphatic rings. The average Bonchev–Trinajstić information content (AvgIpc) is 3.23. The van der Waals surface area contributed by atoms with Gasteiger partial charge in [-0.05, 0) is 77.5 Å². The Balaban J connectivity index is 1.29. The van der Waals surface area contributed by atoms with Gasteiger partial charge >= 0.3 is 5.97 Å². The molecule has 0 bridgehead atoms. The molecule has 0 radical (unpaired) electrons. The van der Waals surface area contributed by atoms with Crippen LogP contribution in [0.15, 0.2) is 71.2 Å². The summed E-state index contributed by atoms with van der Waals surface area (Å²) in [5, 5.41) is 3.06. The minimum atomic E-state index is -0.652. The summed E-state index contributed by atoms with van der Waals surface area (Å²) in [5.41, 5.74) is 2.28. The van der Waals surface area contributed by atoms with Gasteiger partial charge < -0.3 is 19.7 Å². The quantitative estimate of drug-likeness (QED) is 0.375. The van der Waals surface area contributed by atoms with Gasteiger partial charge in [0.2, 0.25) is 5.91 Å². The minimum Gasteiger partial charge on any atom is -0.457 e. The van der Waals surface area contributed by atoms with Crippen LogP contribution in [0.4, 0.5) is 11.4 Å². The molecule has 1 N–H and O–H groups in total. The lowest BCUT2D eigenvalue weighted by atomic mass is 10.1. The zero-order valence-corrected chi connectivity index (χ0v) is 21.1. The molecule has 35 heavy (non-hydrogen) atoms. The molecule has 1 aliphatic heterocycles. The number of carbonyl (C=O) groups excluding carboxylic acids is 3. The summed E-state index contributed by atoms with van der Waals surface area (Å²) >= 11 is 9.29. The molecule has 0 spiro atoms. The Morgan fingerprint density at radius 2 is 1.71 bits per heavy atom. The number of rotatable bonds is 7. The molecule has 1 heterocycles.